The molecule has 3 aromatic rings. The molecule has 0 saturated heterocycles. The molecule has 0 bridgehead atoms. The molecule has 2 aromatic heterocycles. The maximum Gasteiger partial charge on any atom is 0.339 e. The number of hydrogen-bond donors (Lipinski definition) is 3. The van der Waals surface area contributed by atoms with E-state index >= 15 is 0 Å². The van der Waals surface area contributed by atoms with Gasteiger partial charge in [0.25, 0.3) is 0 Å². The Bertz CT molecular complexity index is 933. The van der Waals surface area contributed by atoms with Crippen LogP contribution in [0.5, 0.6) is 5.75 Å². The van der Waals surface area contributed by atoms with Crippen molar-refractivity contribution in [2.24, 2.45) is 5.73 Å². The Labute approximate surface area is 135 Å². The van der Waals surface area contributed by atoms with E-state index in [2.05, 4.69) is 16.9 Å². The van der Waals surface area contributed by atoms with Crippen molar-refractivity contribution in [2.45, 2.75) is 0 Å². The smallest absolute Gasteiger partial charge is 0.339 e. The quantitative estimate of drug-likeness (QED) is 0.506. The number of nitrogens with two attached hydrogens (primary N) is 1. The minimum atomic E-state index is -1.18. The predicted octanol–water partition coefficient (Wildman–Crippen LogP) is 2.27. The van der Waals surface area contributed by atoms with Crippen LogP contribution in [0.3, 0.4) is 0 Å². The van der Waals surface area contributed by atoms with Crippen molar-refractivity contribution in [3.8, 4) is 34.0 Å². The largest absolute Gasteiger partial charge is 0.507 e. The monoisotopic (exact) mass is 325 g/mol. The minimum Gasteiger partial charge on any atom is -0.507 e. The van der Waals surface area contributed by atoms with Crippen molar-refractivity contribution >= 4 is 17.3 Å². The molecule has 4 N–H and O–H groups in total. The molecule has 0 fully saturated rings. The number of phenols is 1. The van der Waals surface area contributed by atoms with Gasteiger partial charge in [0, 0.05) is 47.3 Å². The Morgan fingerprint density at radius 2 is 2.17 bits per heavy atom. The van der Waals surface area contributed by atoms with Crippen LogP contribution in [0.25, 0.3) is 16.3 Å². The minimum absolute atomic E-state index is 0.150. The van der Waals surface area contributed by atoms with Crippen molar-refractivity contribution in [3.63, 3.8) is 0 Å². The first-order valence-corrected chi connectivity index (χ1v) is 7.38. The number of rotatable bonds is 3. The summed E-state index contributed by atoms with van der Waals surface area (Å²) in [5.74, 6) is 1.33. The molecule has 0 saturated carbocycles. The highest BCUT2D eigenvalue weighted by Crippen LogP contribution is 2.29. The molecule has 0 radical (unpaired) electrons. The predicted molar refractivity (Wildman–Crippen MR) is 86.6 cm³/mol. The van der Waals surface area contributed by atoms with E-state index in [0.29, 0.717) is 11.3 Å². The van der Waals surface area contributed by atoms with Gasteiger partial charge in [0.1, 0.15) is 16.3 Å². The van der Waals surface area contributed by atoms with Crippen LogP contribution < -0.4 is 5.73 Å². The second-order valence-corrected chi connectivity index (χ2v) is 5.50. The molecule has 0 aliphatic carbocycles. The number of aromatic hydroxyl groups is 1. The molecule has 0 aliphatic rings. The number of aromatic nitrogens is 2. The van der Waals surface area contributed by atoms with Crippen LogP contribution in [0, 0.1) is 12.0 Å². The van der Waals surface area contributed by atoms with Gasteiger partial charge in [-0.1, -0.05) is 0 Å². The average molecular weight is 325 g/mol. The Hall–Kier alpha value is -3.24. The first kappa shape index (κ1) is 14.7. The molecule has 1 aromatic carbocycles. The average Bonchev–Trinajstić information content (AvgIpc) is 3.16. The van der Waals surface area contributed by atoms with Gasteiger partial charge in [0.15, 0.2) is 0 Å². The number of benzene rings is 1. The zero-order valence-electron chi connectivity index (χ0n) is 11.7. The van der Waals surface area contributed by atoms with Gasteiger partial charge >= 0.3 is 5.97 Å². The van der Waals surface area contributed by atoms with E-state index in [-0.39, 0.29) is 11.3 Å². The molecule has 2 heterocycles. The van der Waals surface area contributed by atoms with Crippen molar-refractivity contribution in [2.75, 3.05) is 0 Å². The van der Waals surface area contributed by atoms with Gasteiger partial charge in [0.05, 0.1) is 5.56 Å². The number of hydrogen-bond acceptors (Lipinski definition) is 5. The highest BCUT2D eigenvalue weighted by atomic mass is 32.1. The third kappa shape index (κ3) is 2.75. The molecule has 6 nitrogen and oxygen atoms in total. The highest BCUT2D eigenvalue weighted by molar-refractivity contribution is 7.13. The van der Waals surface area contributed by atoms with Gasteiger partial charge in [-0.25, -0.2) is 9.78 Å². The zero-order chi connectivity index (χ0) is 16.4. The fourth-order valence-corrected chi connectivity index (χ4v) is 2.83. The molecule has 0 amide bonds. The Balaban J connectivity index is 2.10. The number of carboxylic acid groups (broad SMARTS) is 1. The molecule has 23 heavy (non-hydrogen) atoms. The third-order valence-electron chi connectivity index (χ3n) is 3.21. The molecular weight excluding hydrogens is 314 g/mol. The lowest BCUT2D eigenvalue weighted by atomic mass is 10.2. The second-order valence-electron chi connectivity index (χ2n) is 4.61. The summed E-state index contributed by atoms with van der Waals surface area (Å²) >= 11 is 1.47. The van der Waals surface area contributed by atoms with E-state index in [0.717, 1.165) is 10.6 Å². The van der Waals surface area contributed by atoms with E-state index in [1.54, 1.807) is 23.0 Å². The molecule has 7 heteroatoms. The molecular formula is C16H11N3O3S. The fourth-order valence-electron chi connectivity index (χ4n) is 2.17. The summed E-state index contributed by atoms with van der Waals surface area (Å²) in [6.45, 7) is 0. The molecule has 3 rings (SSSR count). The Morgan fingerprint density at radius 1 is 1.35 bits per heavy atom. The summed E-state index contributed by atoms with van der Waals surface area (Å²) in [7, 11) is 0. The van der Waals surface area contributed by atoms with Gasteiger partial charge < -0.3 is 20.5 Å². The van der Waals surface area contributed by atoms with Gasteiger partial charge in [-0.05, 0) is 18.1 Å². The molecule has 0 unspecified atom stereocenters. The lowest BCUT2D eigenvalue weighted by Gasteiger charge is -2.05. The van der Waals surface area contributed by atoms with Crippen molar-refractivity contribution in [1.29, 1.82) is 0 Å². The second kappa shape index (κ2) is 5.87. The maximum atomic E-state index is 11.0. The summed E-state index contributed by atoms with van der Waals surface area (Å²) in [6, 6.07) is 6.71. The van der Waals surface area contributed by atoms with E-state index in [4.69, 9.17) is 10.8 Å². The summed E-state index contributed by atoms with van der Waals surface area (Å²) in [5.41, 5.74) is 7.29. The maximum absolute atomic E-state index is 11.0. The number of carboxylic acids is 1. The first-order valence-electron chi connectivity index (χ1n) is 6.50. The number of nitrogens with zero attached hydrogens (tertiary/aromatic N) is 2. The van der Waals surface area contributed by atoms with Crippen LogP contribution in [-0.2, 0) is 0 Å². The van der Waals surface area contributed by atoms with Crippen molar-refractivity contribution < 1.29 is 15.0 Å². The fraction of sp³-hybridized carbons (Fsp3) is 0. The Morgan fingerprint density at radius 3 is 2.78 bits per heavy atom. The summed E-state index contributed by atoms with van der Waals surface area (Å²) in [4.78, 5) is 15.2. The summed E-state index contributed by atoms with van der Waals surface area (Å²) in [5, 5.41) is 21.5. The lowest BCUT2D eigenvalue weighted by Crippen LogP contribution is -1.98. The SMILES string of the molecule is NC#Cc1cn(-c2ccc(C(=O)O)c(O)c2)cc1-c1nccs1. The van der Waals surface area contributed by atoms with Crippen molar-refractivity contribution in [3.05, 3.63) is 53.3 Å². The van der Waals surface area contributed by atoms with Gasteiger partial charge in [-0.3, -0.25) is 0 Å². The van der Waals surface area contributed by atoms with Crippen LogP contribution in [0.15, 0.2) is 42.2 Å². The number of thiazole rings is 1. The van der Waals surface area contributed by atoms with Crippen LogP contribution >= 0.6 is 11.3 Å². The van der Waals surface area contributed by atoms with E-state index in [9.17, 15) is 9.90 Å². The van der Waals surface area contributed by atoms with E-state index in [1.807, 2.05) is 11.6 Å². The molecule has 0 aliphatic heterocycles. The first-order chi connectivity index (χ1) is 11.1. The zero-order valence-corrected chi connectivity index (χ0v) is 12.5. The highest BCUT2D eigenvalue weighted by Gasteiger charge is 2.14. The van der Waals surface area contributed by atoms with Crippen LogP contribution in [0.1, 0.15) is 15.9 Å². The molecule has 0 atom stereocenters. The number of carbonyl (C=O) groups is 1. The summed E-state index contributed by atoms with van der Waals surface area (Å²) < 4.78 is 1.74. The Kier molecular flexibility index (Phi) is 3.75. The summed E-state index contributed by atoms with van der Waals surface area (Å²) in [6.07, 6.45) is 5.27. The molecule has 0 spiro atoms. The topological polar surface area (TPSA) is 101 Å². The van der Waals surface area contributed by atoms with Gasteiger partial charge in [-0.15, -0.1) is 11.3 Å². The van der Waals surface area contributed by atoms with Gasteiger partial charge in [-0.2, -0.15) is 0 Å². The van der Waals surface area contributed by atoms with Crippen LogP contribution in [-0.4, -0.2) is 25.7 Å². The normalized spacial score (nSPS) is 10.1. The van der Waals surface area contributed by atoms with Crippen LogP contribution in [0.2, 0.25) is 0 Å². The third-order valence-corrected chi connectivity index (χ3v) is 4.01. The van der Waals surface area contributed by atoms with E-state index in [1.165, 1.54) is 23.5 Å². The van der Waals surface area contributed by atoms with Crippen LogP contribution in [0.4, 0.5) is 0 Å². The molecule has 114 valence electrons. The van der Waals surface area contributed by atoms with Crippen molar-refractivity contribution in [1.82, 2.24) is 9.55 Å². The van der Waals surface area contributed by atoms with Gasteiger partial charge in [0.2, 0.25) is 0 Å². The standard InChI is InChI=1S/C16H11N3O3S/c17-4-3-10-8-19(9-13(10)15-18-5-6-23-15)11-1-2-12(16(21)22)14(20)7-11/h1-2,5-9,20H,17H2,(H,21,22). The van der Waals surface area contributed by atoms with E-state index < -0.39 is 5.97 Å². The number of aromatic carboxylic acids is 1. The lowest BCUT2D eigenvalue weighted by molar-refractivity contribution is 0.0694.